The van der Waals surface area contributed by atoms with Crippen LogP contribution in [0.2, 0.25) is 5.02 Å². The first kappa shape index (κ1) is 17.6. The van der Waals surface area contributed by atoms with Crippen molar-refractivity contribution in [3.8, 4) is 0 Å². The molecule has 1 amide bonds. The Hall–Kier alpha value is -2.18. The maximum absolute atomic E-state index is 13.9. The Morgan fingerprint density at radius 2 is 2.04 bits per heavy atom. The van der Waals surface area contributed by atoms with Gasteiger partial charge in [-0.2, -0.15) is 5.10 Å². The summed E-state index contributed by atoms with van der Waals surface area (Å²) in [4.78, 5) is 12.4. The van der Waals surface area contributed by atoms with Crippen LogP contribution in [0.1, 0.15) is 21.5 Å². The molecule has 25 heavy (non-hydrogen) atoms. The highest BCUT2D eigenvalue weighted by molar-refractivity contribution is 9.10. The number of carbonyl (C=O) groups excluding carboxylic acids is 1. The van der Waals surface area contributed by atoms with E-state index in [0.29, 0.717) is 26.4 Å². The van der Waals surface area contributed by atoms with Crippen molar-refractivity contribution in [3.05, 3.63) is 80.7 Å². The molecule has 0 radical (unpaired) electrons. The van der Waals surface area contributed by atoms with E-state index in [9.17, 15) is 9.18 Å². The lowest BCUT2D eigenvalue weighted by Gasteiger charge is -2.07. The minimum absolute atomic E-state index is 0.157. The summed E-state index contributed by atoms with van der Waals surface area (Å²) in [6, 6.07) is 11.8. The summed E-state index contributed by atoms with van der Waals surface area (Å²) >= 11 is 9.41. The normalized spacial score (nSPS) is 10.7. The van der Waals surface area contributed by atoms with Gasteiger partial charge in [-0.1, -0.05) is 35.9 Å². The SMILES string of the molecule is Cc1ccccc1C(=O)Nc1nn(Cc2c(F)cccc2Cl)cc1Br. The van der Waals surface area contributed by atoms with Crippen LogP contribution in [0.4, 0.5) is 10.2 Å². The van der Waals surface area contributed by atoms with Gasteiger partial charge in [0.25, 0.3) is 5.91 Å². The fraction of sp³-hybridized carbons (Fsp3) is 0.111. The van der Waals surface area contributed by atoms with Crippen LogP contribution in [0.15, 0.2) is 53.1 Å². The summed E-state index contributed by atoms with van der Waals surface area (Å²) in [6.07, 6.45) is 1.66. The number of anilines is 1. The van der Waals surface area contributed by atoms with Crippen LogP contribution in [-0.2, 0) is 6.54 Å². The van der Waals surface area contributed by atoms with E-state index in [0.717, 1.165) is 5.56 Å². The summed E-state index contributed by atoms with van der Waals surface area (Å²) < 4.78 is 16.0. The minimum Gasteiger partial charge on any atom is -0.304 e. The number of rotatable bonds is 4. The van der Waals surface area contributed by atoms with Crippen LogP contribution in [-0.4, -0.2) is 15.7 Å². The van der Waals surface area contributed by atoms with Gasteiger partial charge in [0.15, 0.2) is 5.82 Å². The zero-order valence-corrected chi connectivity index (χ0v) is 15.6. The molecule has 0 saturated carbocycles. The number of hydrogen-bond acceptors (Lipinski definition) is 2. The molecule has 3 rings (SSSR count). The lowest BCUT2D eigenvalue weighted by atomic mass is 10.1. The summed E-state index contributed by atoms with van der Waals surface area (Å²) in [5.41, 5.74) is 1.78. The van der Waals surface area contributed by atoms with Crippen LogP contribution >= 0.6 is 27.5 Å². The maximum atomic E-state index is 13.9. The van der Waals surface area contributed by atoms with Crippen molar-refractivity contribution in [3.63, 3.8) is 0 Å². The van der Waals surface area contributed by atoms with Gasteiger partial charge in [0.1, 0.15) is 5.82 Å². The molecule has 0 bridgehead atoms. The first-order valence-corrected chi connectivity index (χ1v) is 8.65. The minimum atomic E-state index is -0.399. The number of amides is 1. The third-order valence-electron chi connectivity index (χ3n) is 3.72. The molecule has 0 aliphatic heterocycles. The van der Waals surface area contributed by atoms with Crippen molar-refractivity contribution in [1.82, 2.24) is 9.78 Å². The topological polar surface area (TPSA) is 46.9 Å². The first-order valence-electron chi connectivity index (χ1n) is 7.48. The van der Waals surface area contributed by atoms with E-state index in [1.165, 1.54) is 10.7 Å². The van der Waals surface area contributed by atoms with Gasteiger partial charge in [-0.05, 0) is 46.6 Å². The van der Waals surface area contributed by atoms with Gasteiger partial charge in [-0.15, -0.1) is 0 Å². The molecule has 1 aromatic heterocycles. The Kier molecular flexibility index (Phi) is 5.20. The monoisotopic (exact) mass is 421 g/mol. The second-order valence-corrected chi connectivity index (χ2v) is 6.75. The Bertz CT molecular complexity index is 922. The molecular weight excluding hydrogens is 409 g/mol. The van der Waals surface area contributed by atoms with Gasteiger partial charge in [-0.25, -0.2) is 4.39 Å². The van der Waals surface area contributed by atoms with Crippen molar-refractivity contribution in [2.45, 2.75) is 13.5 Å². The number of aryl methyl sites for hydroxylation is 1. The average Bonchev–Trinajstić information content (AvgIpc) is 2.91. The van der Waals surface area contributed by atoms with E-state index >= 15 is 0 Å². The van der Waals surface area contributed by atoms with Crippen molar-refractivity contribution in [2.75, 3.05) is 5.32 Å². The number of hydrogen-bond donors (Lipinski definition) is 1. The summed E-state index contributed by atoms with van der Waals surface area (Å²) in [7, 11) is 0. The third-order valence-corrected chi connectivity index (χ3v) is 4.65. The summed E-state index contributed by atoms with van der Waals surface area (Å²) in [5.74, 6) is -0.293. The molecule has 0 saturated heterocycles. The molecular formula is C18H14BrClFN3O. The molecule has 0 spiro atoms. The highest BCUT2D eigenvalue weighted by Crippen LogP contribution is 2.24. The number of carbonyl (C=O) groups is 1. The number of nitrogens with one attached hydrogen (secondary N) is 1. The molecule has 0 aliphatic rings. The van der Waals surface area contributed by atoms with Gasteiger partial charge in [0.2, 0.25) is 0 Å². The predicted molar refractivity (Wildman–Crippen MR) is 99.6 cm³/mol. The van der Waals surface area contributed by atoms with Crippen LogP contribution < -0.4 is 5.32 Å². The Balaban J connectivity index is 1.81. The van der Waals surface area contributed by atoms with E-state index < -0.39 is 5.82 Å². The maximum Gasteiger partial charge on any atom is 0.257 e. The van der Waals surface area contributed by atoms with E-state index in [2.05, 4.69) is 26.3 Å². The number of aromatic nitrogens is 2. The molecule has 0 unspecified atom stereocenters. The molecule has 0 fully saturated rings. The standard InChI is InChI=1S/C18H14BrClFN3O/c1-11-5-2-3-6-12(11)18(25)22-17-14(19)10-24(23-17)9-13-15(20)7-4-8-16(13)21/h2-8,10H,9H2,1H3,(H,22,23,25). The van der Waals surface area contributed by atoms with Crippen LogP contribution in [0.3, 0.4) is 0 Å². The Morgan fingerprint density at radius 1 is 1.28 bits per heavy atom. The van der Waals surface area contributed by atoms with Gasteiger partial charge < -0.3 is 5.32 Å². The second-order valence-electron chi connectivity index (χ2n) is 5.49. The third kappa shape index (κ3) is 3.91. The molecule has 4 nitrogen and oxygen atoms in total. The molecule has 128 valence electrons. The van der Waals surface area contributed by atoms with Gasteiger partial charge >= 0.3 is 0 Å². The number of nitrogens with zero attached hydrogens (tertiary/aromatic N) is 2. The fourth-order valence-electron chi connectivity index (χ4n) is 2.41. The van der Waals surface area contributed by atoms with Gasteiger partial charge in [-0.3, -0.25) is 9.48 Å². The number of halogens is 3. The van der Waals surface area contributed by atoms with E-state index in [1.807, 2.05) is 19.1 Å². The lowest BCUT2D eigenvalue weighted by Crippen LogP contribution is -2.14. The molecule has 1 N–H and O–H groups in total. The highest BCUT2D eigenvalue weighted by Gasteiger charge is 2.15. The highest BCUT2D eigenvalue weighted by atomic mass is 79.9. The van der Waals surface area contributed by atoms with Crippen LogP contribution in [0, 0.1) is 12.7 Å². The zero-order valence-electron chi connectivity index (χ0n) is 13.3. The summed E-state index contributed by atoms with van der Waals surface area (Å²) in [6.45, 7) is 2.02. The largest absolute Gasteiger partial charge is 0.304 e. The van der Waals surface area contributed by atoms with Crippen molar-refractivity contribution >= 4 is 39.3 Å². The van der Waals surface area contributed by atoms with E-state index in [1.54, 1.807) is 30.5 Å². The second kappa shape index (κ2) is 7.37. The smallest absolute Gasteiger partial charge is 0.257 e. The summed E-state index contributed by atoms with van der Waals surface area (Å²) in [5, 5.41) is 7.38. The number of benzene rings is 2. The molecule has 3 aromatic rings. The molecule has 2 aromatic carbocycles. The van der Waals surface area contributed by atoms with E-state index in [4.69, 9.17) is 11.6 Å². The van der Waals surface area contributed by atoms with Gasteiger partial charge in [0.05, 0.1) is 11.0 Å². The average molecular weight is 423 g/mol. The molecule has 0 aliphatic carbocycles. The lowest BCUT2D eigenvalue weighted by molar-refractivity contribution is 0.102. The molecule has 7 heteroatoms. The van der Waals surface area contributed by atoms with Crippen LogP contribution in [0.5, 0.6) is 0 Å². The molecule has 0 atom stereocenters. The van der Waals surface area contributed by atoms with Gasteiger partial charge in [0, 0.05) is 22.3 Å². The predicted octanol–water partition coefficient (Wildman–Crippen LogP) is 5.05. The molecule has 1 heterocycles. The fourth-order valence-corrected chi connectivity index (χ4v) is 3.05. The first-order chi connectivity index (χ1) is 12.0. The quantitative estimate of drug-likeness (QED) is 0.640. The van der Waals surface area contributed by atoms with Crippen molar-refractivity contribution < 1.29 is 9.18 Å². The Morgan fingerprint density at radius 3 is 2.76 bits per heavy atom. The zero-order chi connectivity index (χ0) is 18.0. The van der Waals surface area contributed by atoms with Crippen molar-refractivity contribution in [1.29, 1.82) is 0 Å². The van der Waals surface area contributed by atoms with Crippen molar-refractivity contribution in [2.24, 2.45) is 0 Å². The van der Waals surface area contributed by atoms with Crippen LogP contribution in [0.25, 0.3) is 0 Å². The van der Waals surface area contributed by atoms with E-state index in [-0.39, 0.29) is 12.5 Å². The Labute approximate surface area is 157 Å².